The molecule has 1 atom stereocenters. The molecule has 1 saturated heterocycles. The standard InChI is InChI=1S/C12H16N2O3S2/c1-17-9-6-7-14(8-9)19(15,16)11-5-3-2-4-10(11)12(13)18/h2-5,9H,6-8H2,1H3,(H2,13,18). The van der Waals surface area contributed by atoms with Crippen LogP contribution in [0.4, 0.5) is 0 Å². The largest absolute Gasteiger partial charge is 0.389 e. The lowest BCUT2D eigenvalue weighted by Crippen LogP contribution is -2.31. The predicted molar refractivity (Wildman–Crippen MR) is 76.5 cm³/mol. The summed E-state index contributed by atoms with van der Waals surface area (Å²) in [5.41, 5.74) is 5.97. The normalized spacial score (nSPS) is 20.6. The van der Waals surface area contributed by atoms with Gasteiger partial charge in [-0.3, -0.25) is 0 Å². The molecule has 0 saturated carbocycles. The fourth-order valence-corrected chi connectivity index (χ4v) is 4.08. The molecule has 0 bridgehead atoms. The number of methoxy groups -OCH3 is 1. The first-order valence-corrected chi connectivity index (χ1v) is 7.73. The minimum Gasteiger partial charge on any atom is -0.389 e. The first-order chi connectivity index (χ1) is 8.96. The highest BCUT2D eigenvalue weighted by atomic mass is 32.2. The van der Waals surface area contributed by atoms with E-state index in [1.54, 1.807) is 25.3 Å². The second-order valence-corrected chi connectivity index (χ2v) is 6.72. The first-order valence-electron chi connectivity index (χ1n) is 5.88. The fraction of sp³-hybridized carbons (Fsp3) is 0.417. The molecular formula is C12H16N2O3S2. The molecule has 1 aromatic rings. The average Bonchev–Trinajstić information content (AvgIpc) is 2.88. The van der Waals surface area contributed by atoms with Gasteiger partial charge in [0.2, 0.25) is 10.0 Å². The molecule has 0 spiro atoms. The molecule has 1 aliphatic rings. The number of nitrogens with zero attached hydrogens (tertiary/aromatic N) is 1. The molecule has 0 amide bonds. The monoisotopic (exact) mass is 300 g/mol. The third-order valence-corrected chi connectivity index (χ3v) is 5.35. The molecule has 0 aromatic heterocycles. The Morgan fingerprint density at radius 1 is 1.47 bits per heavy atom. The quantitative estimate of drug-likeness (QED) is 0.830. The third kappa shape index (κ3) is 2.79. The van der Waals surface area contributed by atoms with Crippen LogP contribution >= 0.6 is 12.2 Å². The molecule has 2 rings (SSSR count). The van der Waals surface area contributed by atoms with Crippen molar-refractivity contribution in [2.45, 2.75) is 17.4 Å². The SMILES string of the molecule is COC1CCN(S(=O)(=O)c2ccccc2C(N)=S)C1. The molecular weight excluding hydrogens is 284 g/mol. The van der Waals surface area contributed by atoms with Gasteiger partial charge in [0, 0.05) is 25.8 Å². The van der Waals surface area contributed by atoms with E-state index in [4.69, 9.17) is 22.7 Å². The zero-order valence-electron chi connectivity index (χ0n) is 10.6. The smallest absolute Gasteiger partial charge is 0.243 e. The van der Waals surface area contributed by atoms with E-state index in [2.05, 4.69) is 0 Å². The second kappa shape index (κ2) is 5.54. The molecule has 0 aliphatic carbocycles. The molecule has 1 unspecified atom stereocenters. The Morgan fingerprint density at radius 2 is 2.16 bits per heavy atom. The number of hydrogen-bond acceptors (Lipinski definition) is 4. The Kier molecular flexibility index (Phi) is 4.19. The number of hydrogen-bond donors (Lipinski definition) is 1. The summed E-state index contributed by atoms with van der Waals surface area (Å²) in [6.07, 6.45) is 0.650. The van der Waals surface area contributed by atoms with Crippen LogP contribution in [0.25, 0.3) is 0 Å². The van der Waals surface area contributed by atoms with E-state index in [1.807, 2.05) is 0 Å². The third-order valence-electron chi connectivity index (χ3n) is 3.21. The zero-order chi connectivity index (χ0) is 14.0. The van der Waals surface area contributed by atoms with Crippen molar-refractivity contribution in [1.29, 1.82) is 0 Å². The van der Waals surface area contributed by atoms with Crippen molar-refractivity contribution in [3.8, 4) is 0 Å². The van der Waals surface area contributed by atoms with Crippen LogP contribution in [-0.4, -0.2) is 44.0 Å². The molecule has 19 heavy (non-hydrogen) atoms. The summed E-state index contributed by atoms with van der Waals surface area (Å²) in [6, 6.07) is 6.54. The lowest BCUT2D eigenvalue weighted by Gasteiger charge is -2.18. The predicted octanol–water partition coefficient (Wildman–Crippen LogP) is 0.730. The summed E-state index contributed by atoms with van der Waals surface area (Å²) in [5, 5.41) is 0. The maximum absolute atomic E-state index is 12.6. The molecule has 1 fully saturated rings. The van der Waals surface area contributed by atoms with Crippen molar-refractivity contribution >= 4 is 27.2 Å². The molecule has 1 aromatic carbocycles. The molecule has 7 heteroatoms. The van der Waals surface area contributed by atoms with Gasteiger partial charge >= 0.3 is 0 Å². The molecule has 0 radical (unpaired) electrons. The van der Waals surface area contributed by atoms with Crippen molar-refractivity contribution in [1.82, 2.24) is 4.31 Å². The Morgan fingerprint density at radius 3 is 2.74 bits per heavy atom. The second-order valence-electron chi connectivity index (χ2n) is 4.37. The van der Waals surface area contributed by atoms with Crippen LogP contribution in [0.5, 0.6) is 0 Å². The lowest BCUT2D eigenvalue weighted by molar-refractivity contribution is 0.115. The maximum Gasteiger partial charge on any atom is 0.243 e. The fourth-order valence-electron chi connectivity index (χ4n) is 2.14. The van der Waals surface area contributed by atoms with Crippen LogP contribution < -0.4 is 5.73 Å². The molecule has 104 valence electrons. The van der Waals surface area contributed by atoms with E-state index in [-0.39, 0.29) is 16.0 Å². The van der Waals surface area contributed by atoms with Gasteiger partial charge in [-0.25, -0.2) is 8.42 Å². The Hall–Kier alpha value is -1.02. The summed E-state index contributed by atoms with van der Waals surface area (Å²) >= 11 is 4.91. The van der Waals surface area contributed by atoms with Gasteiger partial charge in [-0.15, -0.1) is 0 Å². The Bertz CT molecular complexity index is 586. The average molecular weight is 300 g/mol. The van der Waals surface area contributed by atoms with Crippen molar-refractivity contribution < 1.29 is 13.2 Å². The highest BCUT2D eigenvalue weighted by Gasteiger charge is 2.33. The van der Waals surface area contributed by atoms with Gasteiger partial charge in [0.25, 0.3) is 0 Å². The van der Waals surface area contributed by atoms with E-state index in [9.17, 15) is 8.42 Å². The summed E-state index contributed by atoms with van der Waals surface area (Å²) in [5.74, 6) is 0. The molecule has 5 nitrogen and oxygen atoms in total. The van der Waals surface area contributed by atoms with E-state index in [1.165, 1.54) is 10.4 Å². The minimum absolute atomic E-state index is 0.0493. The van der Waals surface area contributed by atoms with Gasteiger partial charge in [-0.2, -0.15) is 4.31 Å². The van der Waals surface area contributed by atoms with E-state index in [0.29, 0.717) is 25.1 Å². The van der Waals surface area contributed by atoms with E-state index < -0.39 is 10.0 Å². The van der Waals surface area contributed by atoms with Crippen molar-refractivity contribution in [2.24, 2.45) is 5.73 Å². The van der Waals surface area contributed by atoms with Crippen LogP contribution in [0.15, 0.2) is 29.2 Å². The summed E-state index contributed by atoms with van der Waals surface area (Å²) in [7, 11) is -1.98. The van der Waals surface area contributed by atoms with Gasteiger partial charge in [-0.05, 0) is 12.5 Å². The van der Waals surface area contributed by atoms with Gasteiger partial charge in [0.05, 0.1) is 11.0 Å². The summed E-state index contributed by atoms with van der Waals surface area (Å²) in [4.78, 5) is 0.251. The van der Waals surface area contributed by atoms with Gasteiger partial charge in [0.1, 0.15) is 4.99 Å². The van der Waals surface area contributed by atoms with Crippen LogP contribution in [0.3, 0.4) is 0 Å². The van der Waals surface area contributed by atoms with Crippen molar-refractivity contribution in [3.63, 3.8) is 0 Å². The highest BCUT2D eigenvalue weighted by Crippen LogP contribution is 2.24. The number of nitrogens with two attached hydrogens (primary N) is 1. The van der Waals surface area contributed by atoms with E-state index >= 15 is 0 Å². The molecule has 1 aliphatic heterocycles. The molecule has 1 heterocycles. The number of sulfonamides is 1. The number of ether oxygens (including phenoxy) is 1. The number of rotatable bonds is 4. The van der Waals surface area contributed by atoms with E-state index in [0.717, 1.165) is 0 Å². The van der Waals surface area contributed by atoms with Crippen LogP contribution in [-0.2, 0) is 14.8 Å². The Labute approximate surface area is 118 Å². The topological polar surface area (TPSA) is 72.6 Å². The van der Waals surface area contributed by atoms with Crippen LogP contribution in [0.2, 0.25) is 0 Å². The zero-order valence-corrected chi connectivity index (χ0v) is 12.2. The molecule has 2 N–H and O–H groups in total. The van der Waals surface area contributed by atoms with Gasteiger partial charge in [-0.1, -0.05) is 30.4 Å². The summed E-state index contributed by atoms with van der Waals surface area (Å²) in [6.45, 7) is 0.816. The van der Waals surface area contributed by atoms with Crippen LogP contribution in [0.1, 0.15) is 12.0 Å². The van der Waals surface area contributed by atoms with Gasteiger partial charge < -0.3 is 10.5 Å². The van der Waals surface area contributed by atoms with Crippen molar-refractivity contribution in [2.75, 3.05) is 20.2 Å². The Balaban J connectivity index is 2.38. The van der Waals surface area contributed by atoms with Crippen LogP contribution in [0, 0.1) is 0 Å². The van der Waals surface area contributed by atoms with Gasteiger partial charge in [0.15, 0.2) is 0 Å². The minimum atomic E-state index is -3.57. The maximum atomic E-state index is 12.6. The number of benzene rings is 1. The number of thiocarbonyl (C=S) groups is 1. The first kappa shape index (κ1) is 14.4. The highest BCUT2D eigenvalue weighted by molar-refractivity contribution is 7.89. The summed E-state index contributed by atoms with van der Waals surface area (Å²) < 4.78 is 31.8. The lowest BCUT2D eigenvalue weighted by atomic mass is 10.2. The van der Waals surface area contributed by atoms with Crippen molar-refractivity contribution in [3.05, 3.63) is 29.8 Å².